The molecule has 2 fully saturated rings. The number of carbonyl (C=O) groups excluding carboxylic acids is 2. The summed E-state index contributed by atoms with van der Waals surface area (Å²) >= 11 is 0. The van der Waals surface area contributed by atoms with Crippen LogP contribution < -0.4 is 10.1 Å². The van der Waals surface area contributed by atoms with E-state index in [0.717, 1.165) is 29.9 Å². The highest BCUT2D eigenvalue weighted by atomic mass is 16.5. The van der Waals surface area contributed by atoms with Crippen LogP contribution in [0.4, 0.5) is 0 Å². The molecule has 1 aromatic heterocycles. The SMILES string of the molecule is Cc1noc(C)c1COc1ccc(C(=O)N2CCN(CC(=O)NC3CC3)CC2)cc1. The molecule has 1 aliphatic carbocycles. The van der Waals surface area contributed by atoms with Gasteiger partial charge in [-0.25, -0.2) is 0 Å². The van der Waals surface area contributed by atoms with Crippen LogP contribution in [-0.2, 0) is 11.4 Å². The number of piperazine rings is 1. The van der Waals surface area contributed by atoms with Crippen molar-refractivity contribution in [3.8, 4) is 5.75 Å². The molecular formula is C22H28N4O4. The lowest BCUT2D eigenvalue weighted by Crippen LogP contribution is -2.51. The summed E-state index contributed by atoms with van der Waals surface area (Å²) in [4.78, 5) is 28.7. The Morgan fingerprint density at radius 1 is 1.13 bits per heavy atom. The summed E-state index contributed by atoms with van der Waals surface area (Å²) in [6.45, 7) is 7.21. The van der Waals surface area contributed by atoms with Gasteiger partial charge in [0.15, 0.2) is 0 Å². The van der Waals surface area contributed by atoms with Gasteiger partial charge in [-0.3, -0.25) is 14.5 Å². The Kier molecular flexibility index (Phi) is 6.03. The molecule has 0 unspecified atom stereocenters. The van der Waals surface area contributed by atoms with Gasteiger partial charge in [0, 0.05) is 37.8 Å². The van der Waals surface area contributed by atoms with E-state index in [-0.39, 0.29) is 11.8 Å². The molecule has 160 valence electrons. The monoisotopic (exact) mass is 412 g/mol. The number of benzene rings is 1. The first-order chi connectivity index (χ1) is 14.5. The Morgan fingerprint density at radius 3 is 2.43 bits per heavy atom. The van der Waals surface area contributed by atoms with Gasteiger partial charge in [-0.2, -0.15) is 0 Å². The lowest BCUT2D eigenvalue weighted by atomic mass is 10.1. The number of hydrogen-bond acceptors (Lipinski definition) is 6. The molecule has 0 bridgehead atoms. The molecule has 1 N–H and O–H groups in total. The van der Waals surface area contributed by atoms with E-state index in [2.05, 4.69) is 15.4 Å². The van der Waals surface area contributed by atoms with Crippen molar-refractivity contribution >= 4 is 11.8 Å². The summed E-state index contributed by atoms with van der Waals surface area (Å²) in [5.74, 6) is 1.54. The molecule has 2 aromatic rings. The fourth-order valence-corrected chi connectivity index (χ4v) is 3.55. The van der Waals surface area contributed by atoms with Crippen LogP contribution in [0.15, 0.2) is 28.8 Å². The van der Waals surface area contributed by atoms with E-state index < -0.39 is 0 Å². The molecule has 8 nitrogen and oxygen atoms in total. The van der Waals surface area contributed by atoms with Crippen molar-refractivity contribution in [2.75, 3.05) is 32.7 Å². The smallest absolute Gasteiger partial charge is 0.253 e. The van der Waals surface area contributed by atoms with Gasteiger partial charge in [0.1, 0.15) is 18.1 Å². The minimum Gasteiger partial charge on any atom is -0.489 e. The van der Waals surface area contributed by atoms with E-state index in [9.17, 15) is 9.59 Å². The summed E-state index contributed by atoms with van der Waals surface area (Å²) in [6.07, 6.45) is 2.19. The zero-order valence-electron chi connectivity index (χ0n) is 17.5. The third-order valence-electron chi connectivity index (χ3n) is 5.63. The summed E-state index contributed by atoms with van der Waals surface area (Å²) < 4.78 is 10.9. The Hall–Kier alpha value is -2.87. The second-order valence-corrected chi connectivity index (χ2v) is 8.03. The average molecular weight is 412 g/mol. The first-order valence-corrected chi connectivity index (χ1v) is 10.4. The van der Waals surface area contributed by atoms with E-state index in [4.69, 9.17) is 9.26 Å². The zero-order valence-corrected chi connectivity index (χ0v) is 17.5. The Bertz CT molecular complexity index is 877. The number of nitrogens with one attached hydrogen (secondary N) is 1. The van der Waals surface area contributed by atoms with E-state index in [1.807, 2.05) is 30.9 Å². The number of amides is 2. The first-order valence-electron chi connectivity index (χ1n) is 10.4. The number of aryl methyl sites for hydroxylation is 2. The van der Waals surface area contributed by atoms with Crippen LogP contribution >= 0.6 is 0 Å². The third kappa shape index (κ3) is 4.99. The maximum Gasteiger partial charge on any atom is 0.253 e. The Morgan fingerprint density at radius 2 is 1.83 bits per heavy atom. The highest BCUT2D eigenvalue weighted by molar-refractivity contribution is 5.94. The van der Waals surface area contributed by atoms with E-state index in [1.54, 1.807) is 12.1 Å². The normalized spacial score (nSPS) is 17.1. The molecule has 4 rings (SSSR count). The lowest BCUT2D eigenvalue weighted by molar-refractivity contribution is -0.122. The van der Waals surface area contributed by atoms with Gasteiger partial charge < -0.3 is 19.5 Å². The van der Waals surface area contributed by atoms with Gasteiger partial charge in [0.05, 0.1) is 17.8 Å². The van der Waals surface area contributed by atoms with E-state index in [1.165, 1.54) is 0 Å². The summed E-state index contributed by atoms with van der Waals surface area (Å²) in [5.41, 5.74) is 2.40. The van der Waals surface area contributed by atoms with Crippen molar-refractivity contribution in [1.29, 1.82) is 0 Å². The molecule has 0 atom stereocenters. The van der Waals surface area contributed by atoms with Gasteiger partial charge in [0.2, 0.25) is 5.91 Å². The molecule has 0 radical (unpaired) electrons. The molecule has 1 aromatic carbocycles. The van der Waals surface area contributed by atoms with Crippen LogP contribution in [0, 0.1) is 13.8 Å². The molecule has 2 amide bonds. The molecule has 2 aliphatic rings. The van der Waals surface area contributed by atoms with E-state index >= 15 is 0 Å². The van der Waals surface area contributed by atoms with Crippen molar-refractivity contribution in [3.63, 3.8) is 0 Å². The molecule has 0 spiro atoms. The molecule has 1 saturated carbocycles. The predicted molar refractivity (Wildman–Crippen MR) is 110 cm³/mol. The van der Waals surface area contributed by atoms with Crippen LogP contribution in [0.5, 0.6) is 5.75 Å². The summed E-state index contributed by atoms with van der Waals surface area (Å²) in [7, 11) is 0. The number of carbonyl (C=O) groups is 2. The second kappa shape index (κ2) is 8.87. The maximum atomic E-state index is 12.8. The second-order valence-electron chi connectivity index (χ2n) is 8.03. The van der Waals surface area contributed by atoms with E-state index in [0.29, 0.717) is 56.7 Å². The summed E-state index contributed by atoms with van der Waals surface area (Å²) in [5, 5.41) is 6.93. The molecule has 2 heterocycles. The molecule has 30 heavy (non-hydrogen) atoms. The number of ether oxygens (including phenoxy) is 1. The fraction of sp³-hybridized carbons (Fsp3) is 0.500. The quantitative estimate of drug-likeness (QED) is 0.747. The van der Waals surface area contributed by atoms with Crippen molar-refractivity contribution < 1.29 is 18.8 Å². The first kappa shape index (κ1) is 20.4. The minimum atomic E-state index is 0.00866. The highest BCUT2D eigenvalue weighted by Crippen LogP contribution is 2.20. The van der Waals surface area contributed by atoms with Gasteiger partial charge in [-0.15, -0.1) is 0 Å². The Labute approximate surface area is 176 Å². The lowest BCUT2D eigenvalue weighted by Gasteiger charge is -2.34. The Balaban J connectivity index is 1.25. The average Bonchev–Trinajstić information content (AvgIpc) is 3.50. The zero-order chi connectivity index (χ0) is 21.1. The van der Waals surface area contributed by atoms with Crippen molar-refractivity contribution in [3.05, 3.63) is 46.8 Å². The van der Waals surface area contributed by atoms with Crippen molar-refractivity contribution in [2.45, 2.75) is 39.3 Å². The van der Waals surface area contributed by atoms with Gasteiger partial charge >= 0.3 is 0 Å². The van der Waals surface area contributed by atoms with Crippen LogP contribution in [0.25, 0.3) is 0 Å². The maximum absolute atomic E-state index is 12.8. The predicted octanol–water partition coefficient (Wildman–Crippen LogP) is 1.91. The molecular weight excluding hydrogens is 384 g/mol. The van der Waals surface area contributed by atoms with Crippen molar-refractivity contribution in [2.24, 2.45) is 0 Å². The third-order valence-corrected chi connectivity index (χ3v) is 5.63. The molecule has 8 heteroatoms. The highest BCUT2D eigenvalue weighted by Gasteiger charge is 2.26. The number of aromatic nitrogens is 1. The van der Waals surface area contributed by atoms with Gasteiger partial charge in [-0.1, -0.05) is 5.16 Å². The molecule has 1 saturated heterocycles. The fourth-order valence-electron chi connectivity index (χ4n) is 3.55. The molecule has 1 aliphatic heterocycles. The largest absolute Gasteiger partial charge is 0.489 e. The number of hydrogen-bond donors (Lipinski definition) is 1. The van der Waals surface area contributed by atoms with Crippen LogP contribution in [0.3, 0.4) is 0 Å². The minimum absolute atomic E-state index is 0.00866. The number of rotatable bonds is 7. The van der Waals surface area contributed by atoms with Crippen LogP contribution in [0.1, 0.15) is 40.2 Å². The van der Waals surface area contributed by atoms with Gasteiger partial charge in [0.25, 0.3) is 5.91 Å². The van der Waals surface area contributed by atoms with Gasteiger partial charge in [-0.05, 0) is 51.0 Å². The van der Waals surface area contributed by atoms with Crippen LogP contribution in [0.2, 0.25) is 0 Å². The summed E-state index contributed by atoms with van der Waals surface area (Å²) in [6, 6.07) is 7.59. The van der Waals surface area contributed by atoms with Crippen LogP contribution in [-0.4, -0.2) is 65.5 Å². The standard InChI is InChI=1S/C22H28N4O4/c1-15-20(16(2)30-24-15)14-29-19-7-3-17(4-8-19)22(28)26-11-9-25(10-12-26)13-21(27)23-18-5-6-18/h3-4,7-8,18H,5-6,9-14H2,1-2H3,(H,23,27). The number of nitrogens with zero attached hydrogens (tertiary/aromatic N) is 3. The topological polar surface area (TPSA) is 87.9 Å². The van der Waals surface area contributed by atoms with Crippen molar-refractivity contribution in [1.82, 2.24) is 20.3 Å².